The molecule has 1 aromatic heterocycles. The summed E-state index contributed by atoms with van der Waals surface area (Å²) < 4.78 is 7.17. The van der Waals surface area contributed by atoms with E-state index in [1.165, 1.54) is 12.0 Å². The number of benzene rings is 2. The van der Waals surface area contributed by atoms with Crippen LogP contribution in [-0.2, 0) is 6.54 Å². The topological polar surface area (TPSA) is 47.4 Å². The van der Waals surface area contributed by atoms with Crippen LogP contribution in [0, 0.1) is 0 Å². The van der Waals surface area contributed by atoms with Crippen molar-refractivity contribution in [1.82, 2.24) is 14.7 Å². The van der Waals surface area contributed by atoms with Crippen LogP contribution < -0.4 is 4.74 Å². The van der Waals surface area contributed by atoms with Gasteiger partial charge >= 0.3 is 0 Å². The number of nitrogens with zero attached hydrogens (tertiary/aromatic N) is 3. The average molecular weight is 389 g/mol. The fourth-order valence-corrected chi connectivity index (χ4v) is 4.02. The molecule has 1 aliphatic heterocycles. The lowest BCUT2D eigenvalue weighted by molar-refractivity contribution is 0.0681. The molecule has 1 saturated heterocycles. The van der Waals surface area contributed by atoms with Crippen molar-refractivity contribution >= 4 is 5.91 Å². The summed E-state index contributed by atoms with van der Waals surface area (Å²) in [6.07, 6.45) is 8.07. The number of methoxy groups -OCH3 is 1. The number of hydrogen-bond donors (Lipinski definition) is 0. The molecule has 150 valence electrons. The lowest BCUT2D eigenvalue weighted by Crippen LogP contribution is -2.34. The lowest BCUT2D eigenvalue weighted by atomic mass is 9.99. The molecule has 5 heteroatoms. The summed E-state index contributed by atoms with van der Waals surface area (Å²) in [5, 5.41) is 4.24. The first-order chi connectivity index (χ1) is 14.2. The van der Waals surface area contributed by atoms with Crippen molar-refractivity contribution < 1.29 is 9.53 Å². The normalized spacial score (nSPS) is 17.0. The minimum atomic E-state index is 0.110. The number of carbonyl (C=O) groups is 1. The van der Waals surface area contributed by atoms with Gasteiger partial charge in [-0.25, -0.2) is 0 Å². The molecule has 1 amide bonds. The number of amides is 1. The predicted octanol–water partition coefficient (Wildman–Crippen LogP) is 4.70. The zero-order valence-electron chi connectivity index (χ0n) is 16.8. The van der Waals surface area contributed by atoms with Crippen molar-refractivity contribution in [3.05, 3.63) is 83.7 Å². The van der Waals surface area contributed by atoms with Crippen LogP contribution in [0.15, 0.2) is 67.0 Å². The minimum absolute atomic E-state index is 0.110. The molecule has 0 aliphatic carbocycles. The third kappa shape index (κ3) is 4.50. The first kappa shape index (κ1) is 19.2. The molecule has 3 aromatic rings. The van der Waals surface area contributed by atoms with Crippen LogP contribution >= 0.6 is 0 Å². The Morgan fingerprint density at radius 2 is 1.86 bits per heavy atom. The summed E-state index contributed by atoms with van der Waals surface area (Å²) in [7, 11) is 1.67. The van der Waals surface area contributed by atoms with Gasteiger partial charge in [-0.3, -0.25) is 9.48 Å². The highest BCUT2D eigenvalue weighted by molar-refractivity contribution is 5.94. The van der Waals surface area contributed by atoms with E-state index in [-0.39, 0.29) is 11.9 Å². The zero-order chi connectivity index (χ0) is 20.1. The molecule has 0 radical (unpaired) electrons. The molecule has 0 spiro atoms. The molecule has 0 saturated carbocycles. The van der Waals surface area contributed by atoms with Gasteiger partial charge < -0.3 is 9.64 Å². The standard InChI is InChI=1S/C24H27N3O2/c1-29-22-13-11-20(12-14-22)23-6-3-2-4-17-27(23)24(28)21-9-7-19(8-10-21)18-26-16-5-15-25-26/h5,7-16,23H,2-4,6,17-18H2,1H3/t23-/m1/s1. The molecule has 5 nitrogen and oxygen atoms in total. The van der Waals surface area contributed by atoms with Crippen LogP contribution in [0.1, 0.15) is 53.2 Å². The third-order valence-corrected chi connectivity index (χ3v) is 5.62. The van der Waals surface area contributed by atoms with E-state index in [0.29, 0.717) is 6.54 Å². The summed E-state index contributed by atoms with van der Waals surface area (Å²) in [6, 6.07) is 18.1. The number of likely N-dealkylation sites (tertiary alicyclic amines) is 1. The van der Waals surface area contributed by atoms with Gasteiger partial charge in [0.1, 0.15) is 5.75 Å². The second-order valence-corrected chi connectivity index (χ2v) is 7.54. The molecule has 2 heterocycles. The van der Waals surface area contributed by atoms with Gasteiger partial charge in [-0.15, -0.1) is 0 Å². The quantitative estimate of drug-likeness (QED) is 0.636. The molecule has 1 atom stereocenters. The second-order valence-electron chi connectivity index (χ2n) is 7.54. The van der Waals surface area contributed by atoms with Gasteiger partial charge in [0.25, 0.3) is 5.91 Å². The number of aromatic nitrogens is 2. The fourth-order valence-electron chi connectivity index (χ4n) is 4.02. The van der Waals surface area contributed by atoms with Gasteiger partial charge in [0, 0.05) is 24.5 Å². The van der Waals surface area contributed by atoms with E-state index >= 15 is 0 Å². The van der Waals surface area contributed by atoms with Gasteiger partial charge in [0.05, 0.1) is 19.7 Å². The van der Waals surface area contributed by atoms with E-state index in [2.05, 4.69) is 22.1 Å². The largest absolute Gasteiger partial charge is 0.497 e. The second kappa shape index (κ2) is 8.95. The Labute approximate surface area is 171 Å². The third-order valence-electron chi connectivity index (χ3n) is 5.62. The molecular weight excluding hydrogens is 362 g/mol. The van der Waals surface area contributed by atoms with Gasteiger partial charge in [-0.05, 0) is 54.3 Å². The molecule has 0 bridgehead atoms. The predicted molar refractivity (Wildman–Crippen MR) is 113 cm³/mol. The lowest BCUT2D eigenvalue weighted by Gasteiger charge is -2.31. The van der Waals surface area contributed by atoms with E-state index in [4.69, 9.17) is 4.74 Å². The zero-order valence-corrected chi connectivity index (χ0v) is 16.8. The van der Waals surface area contributed by atoms with Crippen LogP contribution in [0.2, 0.25) is 0 Å². The molecule has 1 fully saturated rings. The van der Waals surface area contributed by atoms with E-state index < -0.39 is 0 Å². The SMILES string of the molecule is COc1ccc([C@H]2CCCCCN2C(=O)c2ccc(Cn3cccn3)cc2)cc1. The van der Waals surface area contributed by atoms with Crippen LogP contribution in [0.25, 0.3) is 0 Å². The van der Waals surface area contributed by atoms with Crippen LogP contribution in [-0.4, -0.2) is 34.2 Å². The highest BCUT2D eigenvalue weighted by Crippen LogP contribution is 2.32. The van der Waals surface area contributed by atoms with Crippen LogP contribution in [0.4, 0.5) is 0 Å². The number of hydrogen-bond acceptors (Lipinski definition) is 3. The van der Waals surface area contributed by atoms with Crippen molar-refractivity contribution in [1.29, 1.82) is 0 Å². The van der Waals surface area contributed by atoms with Crippen molar-refractivity contribution in [3.63, 3.8) is 0 Å². The van der Waals surface area contributed by atoms with Gasteiger partial charge in [0.2, 0.25) is 0 Å². The van der Waals surface area contributed by atoms with Gasteiger partial charge in [0.15, 0.2) is 0 Å². The Balaban J connectivity index is 1.53. The molecule has 2 aromatic carbocycles. The highest BCUT2D eigenvalue weighted by Gasteiger charge is 2.27. The highest BCUT2D eigenvalue weighted by atomic mass is 16.5. The Morgan fingerprint density at radius 3 is 2.55 bits per heavy atom. The fraction of sp³-hybridized carbons (Fsp3) is 0.333. The number of rotatable bonds is 5. The summed E-state index contributed by atoms with van der Waals surface area (Å²) in [5.74, 6) is 0.950. The van der Waals surface area contributed by atoms with Gasteiger partial charge in [-0.1, -0.05) is 37.1 Å². The molecule has 29 heavy (non-hydrogen) atoms. The monoisotopic (exact) mass is 389 g/mol. The summed E-state index contributed by atoms with van der Waals surface area (Å²) >= 11 is 0. The Kier molecular flexibility index (Phi) is 5.94. The van der Waals surface area contributed by atoms with Crippen molar-refractivity contribution in [2.45, 2.75) is 38.3 Å². The summed E-state index contributed by atoms with van der Waals surface area (Å²) in [5.41, 5.74) is 3.05. The van der Waals surface area contributed by atoms with Crippen molar-refractivity contribution in [3.8, 4) is 5.75 Å². The summed E-state index contributed by atoms with van der Waals surface area (Å²) in [4.78, 5) is 15.4. The minimum Gasteiger partial charge on any atom is -0.497 e. The molecule has 0 unspecified atom stereocenters. The molecule has 4 rings (SSSR count). The van der Waals surface area contributed by atoms with Crippen molar-refractivity contribution in [2.24, 2.45) is 0 Å². The van der Waals surface area contributed by atoms with E-state index in [0.717, 1.165) is 42.7 Å². The summed E-state index contributed by atoms with van der Waals surface area (Å²) in [6.45, 7) is 1.50. The maximum atomic E-state index is 13.4. The Morgan fingerprint density at radius 1 is 1.07 bits per heavy atom. The first-order valence-electron chi connectivity index (χ1n) is 10.3. The smallest absolute Gasteiger partial charge is 0.254 e. The maximum Gasteiger partial charge on any atom is 0.254 e. The van der Waals surface area contributed by atoms with Crippen LogP contribution in [0.3, 0.4) is 0 Å². The Hall–Kier alpha value is -3.08. The van der Waals surface area contributed by atoms with E-state index in [1.54, 1.807) is 13.3 Å². The van der Waals surface area contributed by atoms with Gasteiger partial charge in [-0.2, -0.15) is 5.10 Å². The first-order valence-corrected chi connectivity index (χ1v) is 10.3. The van der Waals surface area contributed by atoms with E-state index in [1.807, 2.05) is 53.3 Å². The average Bonchev–Trinajstić information content (AvgIpc) is 3.15. The Bertz CT molecular complexity index is 918. The van der Waals surface area contributed by atoms with E-state index in [9.17, 15) is 4.79 Å². The van der Waals surface area contributed by atoms with Crippen molar-refractivity contribution in [2.75, 3.05) is 13.7 Å². The molecule has 1 aliphatic rings. The number of carbonyl (C=O) groups excluding carboxylic acids is 1. The maximum absolute atomic E-state index is 13.4. The molecular formula is C24H27N3O2. The molecule has 0 N–H and O–H groups in total. The number of ether oxygens (including phenoxy) is 1. The van der Waals surface area contributed by atoms with Crippen LogP contribution in [0.5, 0.6) is 5.75 Å².